The SMILES string of the molecule is C[SiH2]C.[SiH3]CCCCCCc1ccccc1. The summed E-state index contributed by atoms with van der Waals surface area (Å²) in [5.74, 6) is 0. The van der Waals surface area contributed by atoms with E-state index >= 15 is 0 Å². The molecule has 0 amide bonds. The van der Waals surface area contributed by atoms with E-state index in [9.17, 15) is 0 Å². The van der Waals surface area contributed by atoms with E-state index in [4.69, 9.17) is 0 Å². The maximum Gasteiger partial charge on any atom is 0.0135 e. The molecule has 0 fully saturated rings. The Morgan fingerprint density at radius 1 is 0.938 bits per heavy atom. The average Bonchev–Trinajstić information content (AvgIpc) is 2.31. The Kier molecular flexibility index (Phi) is 12.4. The Labute approximate surface area is 107 Å². The third-order valence-electron chi connectivity index (χ3n) is 2.41. The van der Waals surface area contributed by atoms with Crippen molar-refractivity contribution in [1.82, 2.24) is 0 Å². The summed E-state index contributed by atoms with van der Waals surface area (Å²) in [5.41, 5.74) is 1.49. The number of hydrogen-bond acceptors (Lipinski definition) is 0. The first-order valence-corrected chi connectivity index (χ1v) is 11.1. The topological polar surface area (TPSA) is 0 Å². The van der Waals surface area contributed by atoms with Crippen molar-refractivity contribution in [3.63, 3.8) is 0 Å². The molecule has 0 unspecified atom stereocenters. The molecule has 16 heavy (non-hydrogen) atoms. The van der Waals surface area contributed by atoms with Gasteiger partial charge in [0.15, 0.2) is 0 Å². The van der Waals surface area contributed by atoms with Crippen LogP contribution in [0.25, 0.3) is 0 Å². The van der Waals surface area contributed by atoms with Crippen LogP contribution in [0.5, 0.6) is 0 Å². The molecule has 0 spiro atoms. The molecule has 0 N–H and O–H groups in total. The van der Waals surface area contributed by atoms with Gasteiger partial charge in [0.25, 0.3) is 0 Å². The van der Waals surface area contributed by atoms with Gasteiger partial charge in [-0.15, -0.1) is 0 Å². The van der Waals surface area contributed by atoms with Crippen molar-refractivity contribution in [3.8, 4) is 0 Å². The first-order valence-electron chi connectivity index (χ1n) is 6.89. The Balaban J connectivity index is 0.000000673. The summed E-state index contributed by atoms with van der Waals surface area (Å²) in [4.78, 5) is 0. The first-order chi connectivity index (χ1) is 7.85. The van der Waals surface area contributed by atoms with E-state index in [0.29, 0.717) is 9.52 Å². The quantitative estimate of drug-likeness (QED) is 0.539. The van der Waals surface area contributed by atoms with Gasteiger partial charge in [-0.2, -0.15) is 0 Å². The molecule has 92 valence electrons. The number of aryl methyl sites for hydroxylation is 1. The van der Waals surface area contributed by atoms with Crippen molar-refractivity contribution >= 4 is 19.8 Å². The van der Waals surface area contributed by atoms with Crippen LogP contribution in [-0.4, -0.2) is 19.8 Å². The van der Waals surface area contributed by atoms with Gasteiger partial charge in [0.2, 0.25) is 0 Å². The van der Waals surface area contributed by atoms with Crippen molar-refractivity contribution in [2.45, 2.75) is 51.2 Å². The molecule has 0 aliphatic carbocycles. The van der Waals surface area contributed by atoms with Gasteiger partial charge < -0.3 is 0 Å². The molecular formula is C14H28Si2. The van der Waals surface area contributed by atoms with Crippen LogP contribution in [-0.2, 0) is 6.42 Å². The van der Waals surface area contributed by atoms with Crippen LogP contribution in [0.2, 0.25) is 19.1 Å². The summed E-state index contributed by atoms with van der Waals surface area (Å²) in [6.07, 6.45) is 6.95. The second-order valence-electron chi connectivity index (χ2n) is 4.36. The van der Waals surface area contributed by atoms with Crippen LogP contribution in [0.15, 0.2) is 30.3 Å². The smallest absolute Gasteiger partial charge is 0.0135 e. The third kappa shape index (κ3) is 10.2. The van der Waals surface area contributed by atoms with E-state index in [1.807, 2.05) is 0 Å². The van der Waals surface area contributed by atoms with Crippen molar-refractivity contribution < 1.29 is 0 Å². The molecule has 0 aliphatic heterocycles. The van der Waals surface area contributed by atoms with E-state index in [1.165, 1.54) is 54.0 Å². The number of unbranched alkanes of at least 4 members (excludes halogenated alkanes) is 3. The molecule has 0 radical (unpaired) electrons. The largest absolute Gasteiger partial charge is 0.0750 e. The molecule has 2 heteroatoms. The number of benzene rings is 1. The minimum Gasteiger partial charge on any atom is -0.0750 e. The summed E-state index contributed by atoms with van der Waals surface area (Å²) in [6, 6.07) is 12.3. The van der Waals surface area contributed by atoms with Gasteiger partial charge in [-0.1, -0.05) is 68.7 Å². The third-order valence-corrected chi connectivity index (χ3v) is 3.12. The van der Waals surface area contributed by atoms with Crippen LogP contribution in [0.3, 0.4) is 0 Å². The Bertz CT molecular complexity index is 221. The van der Waals surface area contributed by atoms with Crippen LogP contribution >= 0.6 is 0 Å². The summed E-state index contributed by atoms with van der Waals surface area (Å²) in [5, 5.41) is 0. The molecule has 0 aliphatic rings. The molecule has 0 bridgehead atoms. The maximum absolute atomic E-state index is 2.26. The monoisotopic (exact) mass is 252 g/mol. The Morgan fingerprint density at radius 3 is 2.06 bits per heavy atom. The van der Waals surface area contributed by atoms with Crippen molar-refractivity contribution in [2.75, 3.05) is 0 Å². The molecule has 1 aromatic carbocycles. The molecule has 0 saturated carbocycles. The highest BCUT2D eigenvalue weighted by Crippen LogP contribution is 2.07. The van der Waals surface area contributed by atoms with Gasteiger partial charge in [0.05, 0.1) is 0 Å². The van der Waals surface area contributed by atoms with Gasteiger partial charge in [0, 0.05) is 19.8 Å². The van der Waals surface area contributed by atoms with E-state index in [1.54, 1.807) is 0 Å². The Hall–Kier alpha value is -0.346. The normalized spacial score (nSPS) is 9.62. The van der Waals surface area contributed by atoms with Crippen LogP contribution in [0.4, 0.5) is 0 Å². The number of rotatable bonds is 6. The molecule has 0 atom stereocenters. The molecular weight excluding hydrogens is 224 g/mol. The fourth-order valence-corrected chi connectivity index (χ4v) is 2.08. The highest BCUT2D eigenvalue weighted by molar-refractivity contribution is 6.31. The van der Waals surface area contributed by atoms with Crippen molar-refractivity contribution in [1.29, 1.82) is 0 Å². The Morgan fingerprint density at radius 2 is 1.50 bits per heavy atom. The van der Waals surface area contributed by atoms with E-state index < -0.39 is 0 Å². The predicted molar refractivity (Wildman–Crippen MR) is 83.6 cm³/mol. The second-order valence-corrected chi connectivity index (χ2v) is 6.77. The van der Waals surface area contributed by atoms with E-state index in [2.05, 4.69) is 43.4 Å². The highest BCUT2D eigenvalue weighted by Gasteiger charge is 1.91. The van der Waals surface area contributed by atoms with Gasteiger partial charge >= 0.3 is 0 Å². The lowest BCUT2D eigenvalue weighted by atomic mass is 10.1. The van der Waals surface area contributed by atoms with Crippen LogP contribution < -0.4 is 0 Å². The van der Waals surface area contributed by atoms with Gasteiger partial charge in [-0.25, -0.2) is 0 Å². The van der Waals surface area contributed by atoms with Crippen molar-refractivity contribution in [3.05, 3.63) is 35.9 Å². The zero-order valence-electron chi connectivity index (χ0n) is 11.3. The fourth-order valence-electron chi connectivity index (χ4n) is 1.58. The van der Waals surface area contributed by atoms with Crippen LogP contribution in [0, 0.1) is 0 Å². The highest BCUT2D eigenvalue weighted by atomic mass is 28.2. The standard InChI is InChI=1S/C12H20Si.C2H8Si/c13-11-7-2-1-4-8-12-9-5-3-6-10-12;1-3-2/h3,5-6,9-10H,1-2,4,7-8,11H2,13H3;3H2,1-2H3. The number of hydrogen-bond donors (Lipinski definition) is 0. The lowest BCUT2D eigenvalue weighted by Crippen LogP contribution is -1.85. The van der Waals surface area contributed by atoms with Gasteiger partial charge in [-0.3, -0.25) is 0 Å². The van der Waals surface area contributed by atoms with Crippen molar-refractivity contribution in [2.24, 2.45) is 0 Å². The molecule has 0 aromatic heterocycles. The van der Waals surface area contributed by atoms with E-state index in [0.717, 1.165) is 0 Å². The average molecular weight is 253 g/mol. The first kappa shape index (κ1) is 15.7. The molecule has 0 saturated heterocycles. The summed E-state index contributed by atoms with van der Waals surface area (Å²) < 4.78 is 0. The van der Waals surface area contributed by atoms with Gasteiger partial charge in [-0.05, 0) is 18.4 Å². The van der Waals surface area contributed by atoms with Gasteiger partial charge in [0.1, 0.15) is 0 Å². The summed E-state index contributed by atoms with van der Waals surface area (Å²) in [6.45, 7) is 4.53. The molecule has 0 heterocycles. The van der Waals surface area contributed by atoms with Crippen LogP contribution in [0.1, 0.15) is 31.2 Å². The summed E-state index contributed by atoms with van der Waals surface area (Å²) in [7, 11) is 1.80. The maximum atomic E-state index is 2.26. The lowest BCUT2D eigenvalue weighted by molar-refractivity contribution is 0.666. The minimum absolute atomic E-state index is 0.417. The zero-order chi connectivity index (χ0) is 12.1. The summed E-state index contributed by atoms with van der Waals surface area (Å²) >= 11 is 0. The second kappa shape index (κ2) is 12.7. The minimum atomic E-state index is 0.417. The molecule has 0 nitrogen and oxygen atoms in total. The molecule has 1 aromatic rings. The fraction of sp³-hybridized carbons (Fsp3) is 0.571. The van der Waals surface area contributed by atoms with E-state index in [-0.39, 0.29) is 0 Å². The molecule has 1 rings (SSSR count). The lowest BCUT2D eigenvalue weighted by Gasteiger charge is -2.00. The predicted octanol–water partition coefficient (Wildman–Crippen LogP) is 2.82. The zero-order valence-corrected chi connectivity index (χ0v) is 14.8.